The van der Waals surface area contributed by atoms with E-state index in [9.17, 15) is 4.79 Å². The van der Waals surface area contributed by atoms with E-state index in [1.54, 1.807) is 0 Å². The highest BCUT2D eigenvalue weighted by Crippen LogP contribution is 2.32. The molecule has 1 aromatic heterocycles. The van der Waals surface area contributed by atoms with E-state index in [2.05, 4.69) is 16.2 Å². The molecule has 0 spiro atoms. The number of amides is 1. The summed E-state index contributed by atoms with van der Waals surface area (Å²) >= 11 is 1.39. The Morgan fingerprint density at radius 1 is 1.58 bits per heavy atom. The van der Waals surface area contributed by atoms with Crippen LogP contribution in [-0.4, -0.2) is 17.4 Å². The predicted octanol–water partition coefficient (Wildman–Crippen LogP) is 2.32. The maximum absolute atomic E-state index is 11.4. The summed E-state index contributed by atoms with van der Waals surface area (Å²) in [6.07, 6.45) is 5.37. The number of terminal acetylenes is 1. The van der Waals surface area contributed by atoms with Crippen molar-refractivity contribution < 1.29 is 4.79 Å². The van der Waals surface area contributed by atoms with Crippen molar-refractivity contribution in [1.82, 2.24) is 4.98 Å². The molecule has 0 aliphatic rings. The third kappa shape index (κ3) is 2.75. The van der Waals surface area contributed by atoms with Gasteiger partial charge in [-0.05, 0) is 19.1 Å². The Kier molecular flexibility index (Phi) is 3.83. The number of carbonyl (C=O) groups excluding carboxylic acids is 1. The first-order valence-corrected chi connectivity index (χ1v) is 6.59. The normalized spacial score (nSPS) is 9.89. The van der Waals surface area contributed by atoms with E-state index in [0.29, 0.717) is 11.5 Å². The van der Waals surface area contributed by atoms with Crippen LogP contribution >= 0.6 is 11.3 Å². The van der Waals surface area contributed by atoms with Crippen LogP contribution < -0.4 is 11.1 Å². The molecule has 2 aromatic rings. The van der Waals surface area contributed by atoms with Crippen molar-refractivity contribution in [2.75, 3.05) is 11.9 Å². The second kappa shape index (κ2) is 5.55. The van der Waals surface area contributed by atoms with Crippen molar-refractivity contribution in [3.05, 3.63) is 35.5 Å². The Bertz CT molecular complexity index is 655. The largest absolute Gasteiger partial charge is 0.375 e. The van der Waals surface area contributed by atoms with E-state index >= 15 is 0 Å². The first-order valence-electron chi connectivity index (χ1n) is 5.77. The van der Waals surface area contributed by atoms with Crippen molar-refractivity contribution in [3.63, 3.8) is 0 Å². The highest BCUT2D eigenvalue weighted by molar-refractivity contribution is 7.19. The molecule has 1 amide bonds. The summed E-state index contributed by atoms with van der Waals surface area (Å²) < 4.78 is 0. The molecule has 2 rings (SSSR count). The van der Waals surface area contributed by atoms with E-state index in [-0.39, 0.29) is 5.69 Å². The Morgan fingerprint density at radius 3 is 3.00 bits per heavy atom. The van der Waals surface area contributed by atoms with Gasteiger partial charge in [-0.3, -0.25) is 4.79 Å². The monoisotopic (exact) mass is 271 g/mol. The molecule has 4 nitrogen and oxygen atoms in total. The van der Waals surface area contributed by atoms with Crippen molar-refractivity contribution in [2.24, 2.45) is 5.73 Å². The van der Waals surface area contributed by atoms with Crippen LogP contribution in [0.5, 0.6) is 0 Å². The lowest BCUT2D eigenvalue weighted by Gasteiger charge is -1.98. The number of nitrogens with two attached hydrogens (primary N) is 1. The fourth-order valence-electron chi connectivity index (χ4n) is 1.63. The zero-order chi connectivity index (χ0) is 13.8. The van der Waals surface area contributed by atoms with Crippen LogP contribution in [0.3, 0.4) is 0 Å². The van der Waals surface area contributed by atoms with E-state index in [1.165, 1.54) is 11.3 Å². The fourth-order valence-corrected chi connectivity index (χ4v) is 2.67. The Hall–Kier alpha value is -2.32. The number of primary amides is 1. The van der Waals surface area contributed by atoms with E-state index in [4.69, 9.17) is 12.2 Å². The van der Waals surface area contributed by atoms with E-state index < -0.39 is 5.91 Å². The summed E-state index contributed by atoms with van der Waals surface area (Å²) in [5.74, 6) is 2.04. The maximum Gasteiger partial charge on any atom is 0.270 e. The van der Waals surface area contributed by atoms with Gasteiger partial charge in [-0.15, -0.1) is 6.42 Å². The lowest BCUT2D eigenvalue weighted by Crippen LogP contribution is -2.13. The molecular weight excluding hydrogens is 258 g/mol. The lowest BCUT2D eigenvalue weighted by atomic mass is 10.1. The molecule has 96 valence electrons. The molecule has 0 bridgehead atoms. The van der Waals surface area contributed by atoms with Crippen LogP contribution in [0.15, 0.2) is 24.3 Å². The summed E-state index contributed by atoms with van der Waals surface area (Å²) in [4.78, 5) is 15.6. The number of hydrogen-bond donors (Lipinski definition) is 2. The summed E-state index contributed by atoms with van der Waals surface area (Å²) in [7, 11) is 0. The number of aromatic nitrogens is 1. The maximum atomic E-state index is 11.4. The topological polar surface area (TPSA) is 68.0 Å². The molecule has 1 aromatic carbocycles. The standard InChI is InChI=1S/C14H13N3OS/c1-3-9-6-5-7-10(8-9)13-17-11(12(15)18)14(19-13)16-4-2/h1,5-8,16H,4H2,2H3,(H2,15,18). The third-order valence-electron chi connectivity index (χ3n) is 2.47. The quantitative estimate of drug-likeness (QED) is 0.839. The molecule has 19 heavy (non-hydrogen) atoms. The minimum atomic E-state index is -0.536. The fraction of sp³-hybridized carbons (Fsp3) is 0.143. The smallest absolute Gasteiger partial charge is 0.270 e. The van der Waals surface area contributed by atoms with Gasteiger partial charge < -0.3 is 11.1 Å². The van der Waals surface area contributed by atoms with Crippen LogP contribution in [0.2, 0.25) is 0 Å². The molecule has 0 unspecified atom stereocenters. The van der Waals surface area contributed by atoms with Gasteiger partial charge in [0.15, 0.2) is 5.69 Å². The molecule has 0 saturated heterocycles. The number of nitrogens with zero attached hydrogens (tertiary/aromatic N) is 1. The number of carbonyl (C=O) groups is 1. The van der Waals surface area contributed by atoms with Gasteiger partial charge in [-0.25, -0.2) is 4.98 Å². The van der Waals surface area contributed by atoms with Gasteiger partial charge >= 0.3 is 0 Å². The predicted molar refractivity (Wildman–Crippen MR) is 78.2 cm³/mol. The van der Waals surface area contributed by atoms with E-state index in [1.807, 2.05) is 31.2 Å². The average molecular weight is 271 g/mol. The third-order valence-corrected chi connectivity index (χ3v) is 3.54. The Labute approximate surface area is 115 Å². The first kappa shape index (κ1) is 13.1. The number of anilines is 1. The van der Waals surface area contributed by atoms with Gasteiger partial charge in [-0.1, -0.05) is 29.4 Å². The van der Waals surface area contributed by atoms with Gasteiger partial charge in [0.05, 0.1) is 0 Å². The van der Waals surface area contributed by atoms with Gasteiger partial charge in [0, 0.05) is 17.7 Å². The van der Waals surface area contributed by atoms with Crippen molar-refractivity contribution in [2.45, 2.75) is 6.92 Å². The molecule has 0 fully saturated rings. The van der Waals surface area contributed by atoms with Gasteiger partial charge in [0.25, 0.3) is 5.91 Å². The first-order chi connectivity index (χ1) is 9.15. The van der Waals surface area contributed by atoms with Gasteiger partial charge in [-0.2, -0.15) is 0 Å². The molecular formula is C14H13N3OS. The van der Waals surface area contributed by atoms with E-state index in [0.717, 1.165) is 16.1 Å². The van der Waals surface area contributed by atoms with Crippen molar-refractivity contribution in [3.8, 4) is 22.9 Å². The SMILES string of the molecule is C#Cc1cccc(-c2nc(C(N)=O)c(NCC)s2)c1. The molecule has 3 N–H and O–H groups in total. The highest BCUT2D eigenvalue weighted by atomic mass is 32.1. The molecule has 1 heterocycles. The van der Waals surface area contributed by atoms with Crippen molar-refractivity contribution in [1.29, 1.82) is 0 Å². The number of rotatable bonds is 4. The molecule has 0 atom stereocenters. The Balaban J connectivity index is 2.48. The minimum absolute atomic E-state index is 0.271. The van der Waals surface area contributed by atoms with Crippen molar-refractivity contribution >= 4 is 22.2 Å². The average Bonchev–Trinajstić information content (AvgIpc) is 2.83. The molecule has 0 aliphatic heterocycles. The molecule has 0 aliphatic carbocycles. The second-order valence-electron chi connectivity index (χ2n) is 3.82. The molecule has 0 saturated carbocycles. The Morgan fingerprint density at radius 2 is 2.37 bits per heavy atom. The highest BCUT2D eigenvalue weighted by Gasteiger charge is 2.16. The molecule has 5 heteroatoms. The van der Waals surface area contributed by atoms with Crippen LogP contribution in [0.4, 0.5) is 5.00 Å². The molecule has 0 radical (unpaired) electrons. The van der Waals surface area contributed by atoms with Crippen LogP contribution in [0.1, 0.15) is 23.0 Å². The summed E-state index contributed by atoms with van der Waals surface area (Å²) in [5.41, 5.74) is 7.25. The zero-order valence-corrected chi connectivity index (χ0v) is 11.3. The number of benzene rings is 1. The van der Waals surface area contributed by atoms with Crippen LogP contribution in [0.25, 0.3) is 10.6 Å². The van der Waals surface area contributed by atoms with Gasteiger partial charge in [0.2, 0.25) is 0 Å². The van der Waals surface area contributed by atoms with Crippen LogP contribution in [0, 0.1) is 12.3 Å². The minimum Gasteiger partial charge on any atom is -0.375 e. The summed E-state index contributed by atoms with van der Waals surface area (Å²) in [5, 5.41) is 4.51. The lowest BCUT2D eigenvalue weighted by molar-refractivity contribution is 0.0997. The van der Waals surface area contributed by atoms with Crippen LogP contribution in [-0.2, 0) is 0 Å². The number of thiazole rings is 1. The van der Waals surface area contributed by atoms with Gasteiger partial charge in [0.1, 0.15) is 10.0 Å². The summed E-state index contributed by atoms with van der Waals surface area (Å²) in [6.45, 7) is 2.65. The summed E-state index contributed by atoms with van der Waals surface area (Å²) in [6, 6.07) is 7.47. The zero-order valence-electron chi connectivity index (χ0n) is 10.4. The number of hydrogen-bond acceptors (Lipinski definition) is 4. The second-order valence-corrected chi connectivity index (χ2v) is 4.82. The number of nitrogens with one attached hydrogen (secondary N) is 1.